The van der Waals surface area contributed by atoms with Gasteiger partial charge in [0.2, 0.25) is 5.28 Å². The Kier molecular flexibility index (Phi) is 2.95. The molecule has 1 aliphatic heterocycles. The van der Waals surface area contributed by atoms with Crippen LogP contribution in [-0.2, 0) is 19.5 Å². The number of aryl methyl sites for hydroxylation is 1. The minimum atomic E-state index is 0.238. The zero-order valence-electron chi connectivity index (χ0n) is 10.8. The molecule has 0 saturated carbocycles. The summed E-state index contributed by atoms with van der Waals surface area (Å²) in [6.45, 7) is 1.61. The molecule has 2 aliphatic rings. The predicted molar refractivity (Wildman–Crippen MR) is 78.8 cm³/mol. The van der Waals surface area contributed by atoms with Crippen molar-refractivity contribution in [2.24, 2.45) is 0 Å². The van der Waals surface area contributed by atoms with E-state index in [-0.39, 0.29) is 5.28 Å². The minimum absolute atomic E-state index is 0.238. The van der Waals surface area contributed by atoms with Gasteiger partial charge in [0, 0.05) is 24.7 Å². The van der Waals surface area contributed by atoms with Gasteiger partial charge in [-0.3, -0.25) is 4.90 Å². The fraction of sp³-hybridized carbons (Fsp3) is 0.333. The van der Waals surface area contributed by atoms with Crippen molar-refractivity contribution in [1.82, 2.24) is 14.9 Å². The second kappa shape index (κ2) is 4.69. The molecule has 1 aromatic carbocycles. The molecule has 1 atom stereocenters. The largest absolute Gasteiger partial charge is 0.286 e. The summed E-state index contributed by atoms with van der Waals surface area (Å²) >= 11 is 12.1. The van der Waals surface area contributed by atoms with Crippen LogP contribution in [0.1, 0.15) is 34.8 Å². The molecule has 0 saturated heterocycles. The predicted octanol–water partition coefficient (Wildman–Crippen LogP) is 3.79. The lowest BCUT2D eigenvalue weighted by Crippen LogP contribution is -2.21. The van der Waals surface area contributed by atoms with Crippen molar-refractivity contribution in [1.29, 1.82) is 0 Å². The SMILES string of the molecule is Clc1nc(Cl)c2c(n1)CN(C1CCc3ccccc31)C2. The Morgan fingerprint density at radius 3 is 2.85 bits per heavy atom. The number of hydrogen-bond donors (Lipinski definition) is 0. The second-order valence-electron chi connectivity index (χ2n) is 5.37. The maximum atomic E-state index is 6.18. The monoisotopic (exact) mass is 305 g/mol. The van der Waals surface area contributed by atoms with Crippen molar-refractivity contribution < 1.29 is 0 Å². The van der Waals surface area contributed by atoms with Gasteiger partial charge in [-0.1, -0.05) is 35.9 Å². The molecule has 2 heterocycles. The summed E-state index contributed by atoms with van der Waals surface area (Å²) in [7, 11) is 0. The summed E-state index contributed by atoms with van der Waals surface area (Å²) in [5.74, 6) is 0. The van der Waals surface area contributed by atoms with Gasteiger partial charge in [0.15, 0.2) is 0 Å². The Labute approximate surface area is 127 Å². The maximum Gasteiger partial charge on any atom is 0.224 e. The molecule has 2 aromatic rings. The first kappa shape index (κ1) is 12.6. The van der Waals surface area contributed by atoms with E-state index in [4.69, 9.17) is 23.2 Å². The normalized spacial score (nSPS) is 21.0. The van der Waals surface area contributed by atoms with E-state index in [0.717, 1.165) is 37.2 Å². The summed E-state index contributed by atoms with van der Waals surface area (Å²) in [4.78, 5) is 10.8. The van der Waals surface area contributed by atoms with Gasteiger partial charge in [-0.05, 0) is 35.6 Å². The summed E-state index contributed by atoms with van der Waals surface area (Å²) < 4.78 is 0. The van der Waals surface area contributed by atoms with E-state index in [1.54, 1.807) is 0 Å². The van der Waals surface area contributed by atoms with Crippen LogP contribution >= 0.6 is 23.2 Å². The Morgan fingerprint density at radius 1 is 1.10 bits per heavy atom. The first-order valence-electron chi connectivity index (χ1n) is 6.75. The first-order chi connectivity index (χ1) is 9.72. The van der Waals surface area contributed by atoms with Crippen LogP contribution < -0.4 is 0 Å². The summed E-state index contributed by atoms with van der Waals surface area (Å²) in [5, 5.41) is 0.733. The van der Waals surface area contributed by atoms with Gasteiger partial charge in [0.25, 0.3) is 0 Å². The highest BCUT2D eigenvalue weighted by atomic mass is 35.5. The van der Waals surface area contributed by atoms with Gasteiger partial charge in [-0.25, -0.2) is 9.97 Å². The van der Waals surface area contributed by atoms with E-state index in [9.17, 15) is 0 Å². The molecule has 1 aliphatic carbocycles. The molecule has 0 N–H and O–H groups in total. The lowest BCUT2D eigenvalue weighted by molar-refractivity contribution is 0.199. The van der Waals surface area contributed by atoms with E-state index in [1.807, 2.05) is 0 Å². The van der Waals surface area contributed by atoms with Crippen LogP contribution in [0.5, 0.6) is 0 Å². The molecular weight excluding hydrogens is 293 g/mol. The van der Waals surface area contributed by atoms with Crippen LogP contribution in [0.25, 0.3) is 0 Å². The molecule has 0 bridgehead atoms. The fourth-order valence-electron chi connectivity index (χ4n) is 3.34. The Bertz CT molecular complexity index is 687. The number of benzene rings is 1. The average Bonchev–Trinajstić information content (AvgIpc) is 3.01. The van der Waals surface area contributed by atoms with Crippen molar-refractivity contribution >= 4 is 23.2 Å². The Morgan fingerprint density at radius 2 is 1.95 bits per heavy atom. The molecule has 0 amide bonds. The number of fused-ring (bicyclic) bond motifs is 2. The number of hydrogen-bond acceptors (Lipinski definition) is 3. The number of aromatic nitrogens is 2. The van der Waals surface area contributed by atoms with Gasteiger partial charge < -0.3 is 0 Å². The summed E-state index contributed by atoms with van der Waals surface area (Å²) in [6.07, 6.45) is 2.31. The molecule has 0 spiro atoms. The van der Waals surface area contributed by atoms with Crippen LogP contribution in [0.3, 0.4) is 0 Å². The van der Waals surface area contributed by atoms with E-state index in [1.165, 1.54) is 11.1 Å². The lowest BCUT2D eigenvalue weighted by Gasteiger charge is -2.23. The average molecular weight is 306 g/mol. The zero-order valence-corrected chi connectivity index (χ0v) is 12.3. The second-order valence-corrected chi connectivity index (χ2v) is 6.06. The number of halogens is 2. The summed E-state index contributed by atoms with van der Waals surface area (Å²) in [5.41, 5.74) is 4.90. The molecule has 20 heavy (non-hydrogen) atoms. The Balaban J connectivity index is 1.66. The molecular formula is C15H13Cl2N3. The molecule has 1 aromatic heterocycles. The zero-order chi connectivity index (χ0) is 13.7. The molecule has 102 valence electrons. The van der Waals surface area contributed by atoms with Crippen molar-refractivity contribution in [3.05, 3.63) is 57.1 Å². The van der Waals surface area contributed by atoms with E-state index in [2.05, 4.69) is 39.1 Å². The van der Waals surface area contributed by atoms with Gasteiger partial charge in [0.05, 0.1) is 5.69 Å². The van der Waals surface area contributed by atoms with Crippen LogP contribution in [0.4, 0.5) is 0 Å². The summed E-state index contributed by atoms with van der Waals surface area (Å²) in [6, 6.07) is 9.14. The third kappa shape index (κ3) is 1.93. The van der Waals surface area contributed by atoms with Crippen molar-refractivity contribution in [2.75, 3.05) is 0 Å². The fourth-order valence-corrected chi connectivity index (χ4v) is 3.82. The Hall–Kier alpha value is -1.16. The van der Waals surface area contributed by atoms with Crippen molar-refractivity contribution in [2.45, 2.75) is 32.0 Å². The quantitative estimate of drug-likeness (QED) is 0.593. The number of rotatable bonds is 1. The smallest absolute Gasteiger partial charge is 0.224 e. The van der Waals surface area contributed by atoms with Crippen molar-refractivity contribution in [3.8, 4) is 0 Å². The number of nitrogens with zero attached hydrogens (tertiary/aromatic N) is 3. The third-order valence-electron chi connectivity index (χ3n) is 4.27. The van der Waals surface area contributed by atoms with Crippen LogP contribution in [0.2, 0.25) is 10.4 Å². The van der Waals surface area contributed by atoms with Crippen LogP contribution in [0, 0.1) is 0 Å². The van der Waals surface area contributed by atoms with Gasteiger partial charge in [-0.15, -0.1) is 0 Å². The highest BCUT2D eigenvalue weighted by Crippen LogP contribution is 2.40. The highest BCUT2D eigenvalue weighted by molar-refractivity contribution is 6.32. The van der Waals surface area contributed by atoms with Crippen molar-refractivity contribution in [3.63, 3.8) is 0 Å². The van der Waals surface area contributed by atoms with E-state index in [0.29, 0.717) is 11.2 Å². The maximum absolute atomic E-state index is 6.18. The first-order valence-corrected chi connectivity index (χ1v) is 7.50. The third-order valence-corrected chi connectivity index (χ3v) is 4.75. The molecule has 4 rings (SSSR count). The minimum Gasteiger partial charge on any atom is -0.286 e. The van der Waals surface area contributed by atoms with E-state index >= 15 is 0 Å². The van der Waals surface area contributed by atoms with Gasteiger partial charge in [0.1, 0.15) is 5.15 Å². The molecule has 1 unspecified atom stereocenters. The molecule has 0 radical (unpaired) electrons. The molecule has 3 nitrogen and oxygen atoms in total. The van der Waals surface area contributed by atoms with Crippen LogP contribution in [-0.4, -0.2) is 14.9 Å². The molecule has 0 fully saturated rings. The standard InChI is InChI=1S/C15H13Cl2N3/c16-14-11-7-20(8-12(11)18-15(17)19-14)13-6-5-9-3-1-2-4-10(9)13/h1-4,13H,5-8H2. The van der Waals surface area contributed by atoms with Gasteiger partial charge >= 0.3 is 0 Å². The van der Waals surface area contributed by atoms with Gasteiger partial charge in [-0.2, -0.15) is 0 Å². The van der Waals surface area contributed by atoms with E-state index < -0.39 is 0 Å². The van der Waals surface area contributed by atoms with Crippen LogP contribution in [0.15, 0.2) is 24.3 Å². The lowest BCUT2D eigenvalue weighted by atomic mass is 10.1. The molecule has 5 heteroatoms. The highest BCUT2D eigenvalue weighted by Gasteiger charge is 2.33. The topological polar surface area (TPSA) is 29.0 Å².